The molecule has 16 heavy (non-hydrogen) atoms. The van der Waals surface area contributed by atoms with E-state index in [0.29, 0.717) is 6.61 Å². The molecule has 0 heterocycles. The zero-order valence-corrected chi connectivity index (χ0v) is 8.97. The van der Waals surface area contributed by atoms with Gasteiger partial charge < -0.3 is 10.1 Å². The van der Waals surface area contributed by atoms with Crippen LogP contribution in [-0.2, 0) is 17.9 Å². The molecular formula is C11H14F3NO. The van der Waals surface area contributed by atoms with Crippen molar-refractivity contribution in [3.05, 3.63) is 35.4 Å². The number of halogens is 3. The van der Waals surface area contributed by atoms with E-state index in [0.717, 1.165) is 11.1 Å². The Morgan fingerprint density at radius 2 is 1.69 bits per heavy atom. The number of hydrogen-bond acceptors (Lipinski definition) is 2. The van der Waals surface area contributed by atoms with Gasteiger partial charge in [-0.15, -0.1) is 0 Å². The zero-order chi connectivity index (χ0) is 12.0. The highest BCUT2D eigenvalue weighted by molar-refractivity contribution is 5.21. The molecule has 1 aromatic rings. The highest BCUT2D eigenvalue weighted by atomic mass is 19.4. The van der Waals surface area contributed by atoms with Gasteiger partial charge in [0.1, 0.15) is 0 Å². The normalized spacial score (nSPS) is 11.8. The average molecular weight is 233 g/mol. The van der Waals surface area contributed by atoms with Crippen LogP contribution in [0.1, 0.15) is 11.1 Å². The smallest absolute Gasteiger partial charge is 0.380 e. The van der Waals surface area contributed by atoms with Crippen molar-refractivity contribution in [2.24, 2.45) is 0 Å². The first kappa shape index (κ1) is 13.0. The van der Waals surface area contributed by atoms with E-state index < -0.39 is 12.7 Å². The Labute approximate surface area is 92.4 Å². The lowest BCUT2D eigenvalue weighted by molar-refractivity contribution is -0.125. The Bertz CT molecular complexity index is 308. The Morgan fingerprint density at radius 1 is 1.12 bits per heavy atom. The fourth-order valence-electron chi connectivity index (χ4n) is 1.27. The van der Waals surface area contributed by atoms with E-state index in [2.05, 4.69) is 5.32 Å². The Kier molecular flexibility index (Phi) is 4.76. The van der Waals surface area contributed by atoms with Gasteiger partial charge in [0.15, 0.2) is 0 Å². The molecule has 0 atom stereocenters. The van der Waals surface area contributed by atoms with Crippen LogP contribution in [0.15, 0.2) is 24.3 Å². The number of methoxy groups -OCH3 is 1. The summed E-state index contributed by atoms with van der Waals surface area (Å²) < 4.78 is 40.5. The zero-order valence-electron chi connectivity index (χ0n) is 8.97. The number of ether oxygens (including phenoxy) is 1. The van der Waals surface area contributed by atoms with Crippen molar-refractivity contribution < 1.29 is 17.9 Å². The van der Waals surface area contributed by atoms with Gasteiger partial charge in [0, 0.05) is 13.7 Å². The molecule has 0 fully saturated rings. The molecular weight excluding hydrogens is 219 g/mol. The molecule has 0 aliphatic rings. The number of benzene rings is 1. The molecule has 0 amide bonds. The molecule has 5 heteroatoms. The maximum Gasteiger partial charge on any atom is 0.401 e. The quantitative estimate of drug-likeness (QED) is 0.843. The summed E-state index contributed by atoms with van der Waals surface area (Å²) in [5, 5.41) is 2.34. The SMILES string of the molecule is COCc1ccc(CNCC(F)(F)F)cc1. The number of rotatable bonds is 5. The molecule has 0 spiro atoms. The summed E-state index contributed by atoms with van der Waals surface area (Å²) in [6.45, 7) is -0.240. The largest absolute Gasteiger partial charge is 0.401 e. The molecule has 0 radical (unpaired) electrons. The Hall–Kier alpha value is -1.07. The van der Waals surface area contributed by atoms with Crippen molar-refractivity contribution in [2.45, 2.75) is 19.3 Å². The van der Waals surface area contributed by atoms with Crippen LogP contribution in [0.2, 0.25) is 0 Å². The Morgan fingerprint density at radius 3 is 2.19 bits per heavy atom. The molecule has 0 saturated heterocycles. The predicted octanol–water partition coefficient (Wildman–Crippen LogP) is 2.48. The minimum Gasteiger partial charge on any atom is -0.380 e. The minimum atomic E-state index is -4.16. The third-order valence-electron chi connectivity index (χ3n) is 1.99. The van der Waals surface area contributed by atoms with Gasteiger partial charge in [0.05, 0.1) is 13.2 Å². The van der Waals surface area contributed by atoms with Gasteiger partial charge >= 0.3 is 6.18 Å². The van der Waals surface area contributed by atoms with Crippen molar-refractivity contribution in [3.63, 3.8) is 0 Å². The first-order valence-electron chi connectivity index (χ1n) is 4.85. The molecule has 2 nitrogen and oxygen atoms in total. The topological polar surface area (TPSA) is 21.3 Å². The maximum absolute atomic E-state index is 11.8. The van der Waals surface area contributed by atoms with Crippen LogP contribution in [0, 0.1) is 0 Å². The number of nitrogens with one attached hydrogen (secondary N) is 1. The molecule has 0 saturated carbocycles. The van der Waals surface area contributed by atoms with E-state index in [-0.39, 0.29) is 6.54 Å². The summed E-state index contributed by atoms with van der Waals surface area (Å²) in [5.41, 5.74) is 1.83. The summed E-state index contributed by atoms with van der Waals surface area (Å²) in [5.74, 6) is 0. The van der Waals surface area contributed by atoms with Crippen molar-refractivity contribution in [2.75, 3.05) is 13.7 Å². The summed E-state index contributed by atoms with van der Waals surface area (Å²) in [6.07, 6.45) is -4.16. The van der Waals surface area contributed by atoms with Crippen molar-refractivity contribution in [1.82, 2.24) is 5.32 Å². The molecule has 0 bridgehead atoms. The lowest BCUT2D eigenvalue weighted by Gasteiger charge is -2.08. The molecule has 1 rings (SSSR count). The van der Waals surface area contributed by atoms with Gasteiger partial charge in [0.2, 0.25) is 0 Å². The van der Waals surface area contributed by atoms with Gasteiger partial charge in [-0.25, -0.2) is 0 Å². The fourth-order valence-corrected chi connectivity index (χ4v) is 1.27. The molecule has 0 aliphatic heterocycles. The summed E-state index contributed by atoms with van der Waals surface area (Å²) in [6, 6.07) is 7.26. The van der Waals surface area contributed by atoms with Gasteiger partial charge in [-0.1, -0.05) is 24.3 Å². The highest BCUT2D eigenvalue weighted by Gasteiger charge is 2.25. The van der Waals surface area contributed by atoms with E-state index in [1.54, 1.807) is 19.2 Å². The number of hydrogen-bond donors (Lipinski definition) is 1. The average Bonchev–Trinajstić information content (AvgIpc) is 2.19. The first-order valence-corrected chi connectivity index (χ1v) is 4.85. The summed E-state index contributed by atoms with van der Waals surface area (Å²) in [7, 11) is 1.60. The standard InChI is InChI=1S/C11H14F3NO/c1-16-7-10-4-2-9(3-5-10)6-15-8-11(12,13)14/h2-5,15H,6-8H2,1H3. The maximum atomic E-state index is 11.8. The van der Waals surface area contributed by atoms with Crippen molar-refractivity contribution >= 4 is 0 Å². The second-order valence-electron chi connectivity index (χ2n) is 3.47. The van der Waals surface area contributed by atoms with E-state index >= 15 is 0 Å². The third kappa shape index (κ3) is 5.14. The van der Waals surface area contributed by atoms with Crippen molar-refractivity contribution in [1.29, 1.82) is 0 Å². The molecule has 0 aromatic heterocycles. The fraction of sp³-hybridized carbons (Fsp3) is 0.455. The van der Waals surface area contributed by atoms with Gasteiger partial charge in [-0.2, -0.15) is 13.2 Å². The molecule has 1 N–H and O–H groups in total. The first-order chi connectivity index (χ1) is 7.51. The van der Waals surface area contributed by atoms with Gasteiger partial charge in [-0.05, 0) is 11.1 Å². The van der Waals surface area contributed by atoms with Gasteiger partial charge in [-0.3, -0.25) is 0 Å². The van der Waals surface area contributed by atoms with E-state index in [4.69, 9.17) is 4.74 Å². The Balaban J connectivity index is 2.37. The van der Waals surface area contributed by atoms with E-state index in [9.17, 15) is 13.2 Å². The van der Waals surface area contributed by atoms with Crippen LogP contribution in [-0.4, -0.2) is 19.8 Å². The second kappa shape index (κ2) is 5.86. The van der Waals surface area contributed by atoms with Crippen LogP contribution in [0.25, 0.3) is 0 Å². The monoisotopic (exact) mass is 233 g/mol. The minimum absolute atomic E-state index is 0.215. The van der Waals surface area contributed by atoms with Crippen LogP contribution in [0.3, 0.4) is 0 Å². The molecule has 1 aromatic carbocycles. The van der Waals surface area contributed by atoms with Gasteiger partial charge in [0.25, 0.3) is 0 Å². The molecule has 0 aliphatic carbocycles. The lowest BCUT2D eigenvalue weighted by atomic mass is 10.1. The van der Waals surface area contributed by atoms with Crippen LogP contribution in [0.4, 0.5) is 13.2 Å². The second-order valence-corrected chi connectivity index (χ2v) is 3.47. The van der Waals surface area contributed by atoms with E-state index in [1.807, 2.05) is 12.1 Å². The number of alkyl halides is 3. The van der Waals surface area contributed by atoms with Crippen LogP contribution < -0.4 is 5.32 Å². The molecule has 0 unspecified atom stereocenters. The van der Waals surface area contributed by atoms with E-state index in [1.165, 1.54) is 0 Å². The summed E-state index contributed by atoms with van der Waals surface area (Å²) >= 11 is 0. The third-order valence-corrected chi connectivity index (χ3v) is 1.99. The predicted molar refractivity (Wildman–Crippen MR) is 54.9 cm³/mol. The summed E-state index contributed by atoms with van der Waals surface area (Å²) in [4.78, 5) is 0. The lowest BCUT2D eigenvalue weighted by Crippen LogP contribution is -2.28. The van der Waals surface area contributed by atoms with Crippen LogP contribution >= 0.6 is 0 Å². The highest BCUT2D eigenvalue weighted by Crippen LogP contribution is 2.12. The van der Waals surface area contributed by atoms with Crippen molar-refractivity contribution in [3.8, 4) is 0 Å². The molecule has 90 valence electrons. The van der Waals surface area contributed by atoms with Crippen LogP contribution in [0.5, 0.6) is 0 Å².